The van der Waals surface area contributed by atoms with Gasteiger partial charge in [-0.1, -0.05) is 25.1 Å². The Morgan fingerprint density at radius 1 is 1.19 bits per heavy atom. The number of para-hydroxylation sites is 1. The highest BCUT2D eigenvalue weighted by Crippen LogP contribution is 2.32. The van der Waals surface area contributed by atoms with E-state index in [9.17, 15) is 0 Å². The van der Waals surface area contributed by atoms with Gasteiger partial charge in [-0.25, -0.2) is 9.97 Å². The number of benzene rings is 1. The lowest BCUT2D eigenvalue weighted by atomic mass is 10.1. The van der Waals surface area contributed by atoms with Gasteiger partial charge in [-0.2, -0.15) is 0 Å². The molecule has 0 unspecified atom stereocenters. The SMILES string of the molecule is CCNc1nc(-c2coc3ccccc23)nc(CC)c1Br. The van der Waals surface area contributed by atoms with Crippen molar-refractivity contribution in [1.29, 1.82) is 0 Å². The van der Waals surface area contributed by atoms with Gasteiger partial charge in [0.25, 0.3) is 0 Å². The van der Waals surface area contributed by atoms with Crippen molar-refractivity contribution >= 4 is 32.7 Å². The Balaban J connectivity index is 2.19. The molecule has 2 heterocycles. The van der Waals surface area contributed by atoms with E-state index in [-0.39, 0.29) is 0 Å². The Bertz CT molecular complexity index is 782. The van der Waals surface area contributed by atoms with Gasteiger partial charge < -0.3 is 9.73 Å². The molecule has 21 heavy (non-hydrogen) atoms. The van der Waals surface area contributed by atoms with Gasteiger partial charge in [-0.15, -0.1) is 0 Å². The summed E-state index contributed by atoms with van der Waals surface area (Å²) in [5.74, 6) is 1.51. The van der Waals surface area contributed by atoms with Crippen LogP contribution in [-0.2, 0) is 6.42 Å². The lowest BCUT2D eigenvalue weighted by Crippen LogP contribution is -2.05. The molecule has 0 atom stereocenters. The highest BCUT2D eigenvalue weighted by molar-refractivity contribution is 9.10. The Labute approximate surface area is 131 Å². The van der Waals surface area contributed by atoms with Crippen molar-refractivity contribution in [3.63, 3.8) is 0 Å². The second-order valence-electron chi connectivity index (χ2n) is 4.69. The third-order valence-electron chi connectivity index (χ3n) is 3.32. The smallest absolute Gasteiger partial charge is 0.165 e. The molecule has 0 bridgehead atoms. The molecule has 0 aliphatic carbocycles. The second-order valence-corrected chi connectivity index (χ2v) is 5.48. The first-order valence-electron chi connectivity index (χ1n) is 7.01. The lowest BCUT2D eigenvalue weighted by Gasteiger charge is -2.10. The average Bonchev–Trinajstić information content (AvgIpc) is 2.93. The molecule has 2 aromatic heterocycles. The minimum atomic E-state index is 0.691. The first kappa shape index (κ1) is 14.1. The van der Waals surface area contributed by atoms with Crippen LogP contribution in [0.15, 0.2) is 39.4 Å². The van der Waals surface area contributed by atoms with E-state index in [0.29, 0.717) is 5.82 Å². The van der Waals surface area contributed by atoms with Gasteiger partial charge in [0.15, 0.2) is 5.82 Å². The molecule has 0 fully saturated rings. The van der Waals surface area contributed by atoms with Crippen molar-refractivity contribution in [3.8, 4) is 11.4 Å². The van der Waals surface area contributed by atoms with Crippen molar-refractivity contribution < 1.29 is 4.42 Å². The van der Waals surface area contributed by atoms with Gasteiger partial charge in [0.1, 0.15) is 17.7 Å². The largest absolute Gasteiger partial charge is 0.464 e. The van der Waals surface area contributed by atoms with Crippen LogP contribution in [0.3, 0.4) is 0 Å². The summed E-state index contributed by atoms with van der Waals surface area (Å²) >= 11 is 3.58. The summed E-state index contributed by atoms with van der Waals surface area (Å²) < 4.78 is 6.53. The minimum Gasteiger partial charge on any atom is -0.464 e. The fourth-order valence-electron chi connectivity index (χ4n) is 2.28. The molecule has 1 N–H and O–H groups in total. The van der Waals surface area contributed by atoms with E-state index in [1.54, 1.807) is 6.26 Å². The third kappa shape index (κ3) is 2.53. The summed E-state index contributed by atoms with van der Waals surface area (Å²) in [6.45, 7) is 4.94. The molecular weight excluding hydrogens is 330 g/mol. The molecule has 0 spiro atoms. The van der Waals surface area contributed by atoms with Gasteiger partial charge in [0.05, 0.1) is 15.7 Å². The zero-order valence-electron chi connectivity index (χ0n) is 12.0. The summed E-state index contributed by atoms with van der Waals surface area (Å²) in [6.07, 6.45) is 2.56. The molecule has 0 amide bonds. The fourth-order valence-corrected chi connectivity index (χ4v) is 2.88. The summed E-state index contributed by atoms with van der Waals surface area (Å²) in [7, 11) is 0. The third-order valence-corrected chi connectivity index (χ3v) is 4.15. The molecule has 3 rings (SSSR count). The van der Waals surface area contributed by atoms with Crippen LogP contribution in [0.5, 0.6) is 0 Å². The minimum absolute atomic E-state index is 0.691. The quantitative estimate of drug-likeness (QED) is 0.747. The summed E-state index contributed by atoms with van der Waals surface area (Å²) in [5.41, 5.74) is 2.76. The van der Waals surface area contributed by atoms with Crippen LogP contribution in [0.2, 0.25) is 0 Å². The standard InChI is InChI=1S/C16H16BrN3O/c1-3-12-14(17)16(18-4-2)20-15(19-12)11-9-21-13-8-6-5-7-10(11)13/h5-9H,3-4H2,1-2H3,(H,18,19,20). The van der Waals surface area contributed by atoms with E-state index in [1.165, 1.54) is 0 Å². The molecule has 0 saturated heterocycles. The number of aromatic nitrogens is 2. The van der Waals surface area contributed by atoms with Crippen molar-refractivity contribution in [1.82, 2.24) is 9.97 Å². The van der Waals surface area contributed by atoms with E-state index >= 15 is 0 Å². The van der Waals surface area contributed by atoms with E-state index in [1.807, 2.05) is 31.2 Å². The summed E-state index contributed by atoms with van der Waals surface area (Å²) in [5, 5.41) is 4.30. The zero-order chi connectivity index (χ0) is 14.8. The monoisotopic (exact) mass is 345 g/mol. The highest BCUT2D eigenvalue weighted by Gasteiger charge is 2.15. The molecule has 0 saturated carbocycles. The predicted octanol–water partition coefficient (Wildman–Crippen LogP) is 4.65. The van der Waals surface area contributed by atoms with Gasteiger partial charge in [-0.05, 0) is 35.3 Å². The molecule has 0 radical (unpaired) electrons. The Morgan fingerprint density at radius 2 is 2.00 bits per heavy atom. The van der Waals surface area contributed by atoms with Gasteiger partial charge in [-0.3, -0.25) is 0 Å². The van der Waals surface area contributed by atoms with Crippen molar-refractivity contribution in [2.45, 2.75) is 20.3 Å². The number of aryl methyl sites for hydroxylation is 1. The topological polar surface area (TPSA) is 51.0 Å². The molecule has 0 aliphatic rings. The maximum Gasteiger partial charge on any atom is 0.165 e. The van der Waals surface area contributed by atoms with Crippen LogP contribution in [0.1, 0.15) is 19.5 Å². The molecule has 5 heteroatoms. The Morgan fingerprint density at radius 3 is 2.76 bits per heavy atom. The van der Waals surface area contributed by atoms with E-state index in [2.05, 4.69) is 38.1 Å². The number of anilines is 1. The van der Waals surface area contributed by atoms with Crippen molar-refractivity contribution in [3.05, 3.63) is 40.7 Å². The average molecular weight is 346 g/mol. The molecule has 108 valence electrons. The summed E-state index contributed by atoms with van der Waals surface area (Å²) in [4.78, 5) is 9.30. The molecule has 1 aromatic carbocycles. The lowest BCUT2D eigenvalue weighted by molar-refractivity contribution is 0.616. The highest BCUT2D eigenvalue weighted by atomic mass is 79.9. The molecular formula is C16H16BrN3O. The van der Waals surface area contributed by atoms with Gasteiger partial charge in [0, 0.05) is 11.9 Å². The Hall–Kier alpha value is -1.88. The number of rotatable bonds is 4. The van der Waals surface area contributed by atoms with E-state index in [4.69, 9.17) is 4.42 Å². The normalized spacial score (nSPS) is 11.0. The van der Waals surface area contributed by atoms with Crippen LogP contribution >= 0.6 is 15.9 Å². The number of fused-ring (bicyclic) bond motifs is 1. The van der Waals surface area contributed by atoms with Crippen LogP contribution in [0.4, 0.5) is 5.82 Å². The van der Waals surface area contributed by atoms with Crippen molar-refractivity contribution in [2.24, 2.45) is 0 Å². The van der Waals surface area contributed by atoms with Crippen LogP contribution in [0, 0.1) is 0 Å². The summed E-state index contributed by atoms with van der Waals surface area (Å²) in [6, 6.07) is 7.92. The Kier molecular flexibility index (Phi) is 3.92. The fraction of sp³-hybridized carbons (Fsp3) is 0.250. The number of hydrogen-bond acceptors (Lipinski definition) is 4. The van der Waals surface area contributed by atoms with Crippen LogP contribution in [0.25, 0.3) is 22.4 Å². The van der Waals surface area contributed by atoms with Gasteiger partial charge in [0.2, 0.25) is 0 Å². The maximum absolute atomic E-state index is 5.59. The molecule has 4 nitrogen and oxygen atoms in total. The number of furan rings is 1. The van der Waals surface area contributed by atoms with E-state index in [0.717, 1.165) is 45.5 Å². The van der Waals surface area contributed by atoms with Crippen LogP contribution in [-0.4, -0.2) is 16.5 Å². The number of halogens is 1. The number of nitrogens with zero attached hydrogens (tertiary/aromatic N) is 2. The number of nitrogens with one attached hydrogen (secondary N) is 1. The molecule has 3 aromatic rings. The molecule has 0 aliphatic heterocycles. The second kappa shape index (κ2) is 5.85. The van der Waals surface area contributed by atoms with Crippen LogP contribution < -0.4 is 5.32 Å². The first-order valence-corrected chi connectivity index (χ1v) is 7.80. The predicted molar refractivity (Wildman–Crippen MR) is 88.5 cm³/mol. The zero-order valence-corrected chi connectivity index (χ0v) is 13.6. The number of hydrogen-bond donors (Lipinski definition) is 1. The maximum atomic E-state index is 5.59. The van der Waals surface area contributed by atoms with E-state index < -0.39 is 0 Å². The first-order chi connectivity index (χ1) is 10.2. The van der Waals surface area contributed by atoms with Gasteiger partial charge >= 0.3 is 0 Å². The van der Waals surface area contributed by atoms with Crippen molar-refractivity contribution in [2.75, 3.05) is 11.9 Å².